The standard InChI is InChI=1S/C13H12/c1-9-2-7-12-10-3-5-11(6-4-10)13(12)8-9/h2-8,10-11H,1H3. The molecule has 0 N–H and O–H groups in total. The summed E-state index contributed by atoms with van der Waals surface area (Å²) in [5.41, 5.74) is 4.38. The van der Waals surface area contributed by atoms with Gasteiger partial charge in [-0.05, 0) is 18.1 Å². The Hall–Kier alpha value is -1.30. The fourth-order valence-electron chi connectivity index (χ4n) is 2.31. The number of hydrogen-bond donors (Lipinski definition) is 0. The average molecular weight is 168 g/mol. The largest absolute Gasteiger partial charge is 0.0763 e. The highest BCUT2D eigenvalue weighted by atomic mass is 14.3. The predicted molar refractivity (Wildman–Crippen MR) is 54.9 cm³/mol. The molecule has 3 aliphatic carbocycles. The summed E-state index contributed by atoms with van der Waals surface area (Å²) in [6.45, 7) is 2.16. The van der Waals surface area contributed by atoms with Gasteiger partial charge in [0.1, 0.15) is 0 Å². The number of benzene rings is 1. The molecule has 0 radical (unpaired) electrons. The van der Waals surface area contributed by atoms with Gasteiger partial charge in [0.25, 0.3) is 0 Å². The van der Waals surface area contributed by atoms with E-state index in [1.54, 1.807) is 0 Å². The van der Waals surface area contributed by atoms with Crippen molar-refractivity contribution in [2.24, 2.45) is 0 Å². The molecule has 0 aliphatic heterocycles. The summed E-state index contributed by atoms with van der Waals surface area (Å²) >= 11 is 0. The molecule has 0 nitrogen and oxygen atoms in total. The fraction of sp³-hybridized carbons (Fsp3) is 0.231. The highest BCUT2D eigenvalue weighted by Crippen LogP contribution is 2.40. The van der Waals surface area contributed by atoms with Gasteiger partial charge < -0.3 is 0 Å². The number of allylic oxidation sites excluding steroid dienone is 4. The molecule has 0 heteroatoms. The van der Waals surface area contributed by atoms with Crippen LogP contribution in [-0.2, 0) is 0 Å². The topological polar surface area (TPSA) is 0 Å². The summed E-state index contributed by atoms with van der Waals surface area (Å²) in [6.07, 6.45) is 9.24. The van der Waals surface area contributed by atoms with Crippen LogP contribution in [0.1, 0.15) is 28.5 Å². The summed E-state index contributed by atoms with van der Waals surface area (Å²) in [5.74, 6) is 1.08. The zero-order valence-electron chi connectivity index (χ0n) is 7.70. The van der Waals surface area contributed by atoms with Crippen LogP contribution in [0.15, 0.2) is 42.5 Å². The van der Waals surface area contributed by atoms with Crippen molar-refractivity contribution in [2.75, 3.05) is 0 Å². The molecule has 4 rings (SSSR count). The molecule has 0 saturated carbocycles. The van der Waals surface area contributed by atoms with Gasteiger partial charge in [0.05, 0.1) is 0 Å². The minimum absolute atomic E-state index is 0.542. The van der Waals surface area contributed by atoms with E-state index in [-0.39, 0.29) is 0 Å². The highest BCUT2D eigenvalue weighted by molar-refractivity contribution is 5.51. The van der Waals surface area contributed by atoms with Crippen LogP contribution >= 0.6 is 0 Å². The molecule has 3 aliphatic rings. The Morgan fingerprint density at radius 1 is 0.846 bits per heavy atom. The lowest BCUT2D eigenvalue weighted by atomic mass is 9.76. The zero-order valence-corrected chi connectivity index (χ0v) is 7.70. The van der Waals surface area contributed by atoms with E-state index in [1.165, 1.54) is 16.7 Å². The van der Waals surface area contributed by atoms with Crippen molar-refractivity contribution in [3.05, 3.63) is 59.2 Å². The molecule has 2 bridgehead atoms. The summed E-state index contributed by atoms with van der Waals surface area (Å²) in [5, 5.41) is 0. The van der Waals surface area contributed by atoms with Crippen LogP contribution in [0.4, 0.5) is 0 Å². The first-order chi connectivity index (χ1) is 6.34. The van der Waals surface area contributed by atoms with Gasteiger partial charge in [0, 0.05) is 11.8 Å². The second-order valence-corrected chi connectivity index (χ2v) is 3.95. The van der Waals surface area contributed by atoms with Crippen molar-refractivity contribution in [1.29, 1.82) is 0 Å². The third-order valence-electron chi connectivity index (χ3n) is 3.01. The number of aryl methyl sites for hydroxylation is 1. The summed E-state index contributed by atoms with van der Waals surface area (Å²) < 4.78 is 0. The molecule has 0 spiro atoms. The van der Waals surface area contributed by atoms with Crippen molar-refractivity contribution >= 4 is 0 Å². The maximum Gasteiger partial charge on any atom is 0.0202 e. The lowest BCUT2D eigenvalue weighted by Crippen LogP contribution is -2.11. The Bertz CT molecular complexity index is 396. The predicted octanol–water partition coefficient (Wildman–Crippen LogP) is 3.30. The summed E-state index contributed by atoms with van der Waals surface area (Å²) in [4.78, 5) is 0. The van der Waals surface area contributed by atoms with Gasteiger partial charge in [0.15, 0.2) is 0 Å². The molecule has 0 unspecified atom stereocenters. The molecule has 0 heterocycles. The first-order valence-electron chi connectivity index (χ1n) is 4.82. The fourth-order valence-corrected chi connectivity index (χ4v) is 2.31. The lowest BCUT2D eigenvalue weighted by Gasteiger charge is -2.28. The third kappa shape index (κ3) is 0.918. The van der Waals surface area contributed by atoms with Crippen LogP contribution in [0.5, 0.6) is 0 Å². The van der Waals surface area contributed by atoms with Gasteiger partial charge in [0.2, 0.25) is 0 Å². The van der Waals surface area contributed by atoms with Crippen LogP contribution in [0.3, 0.4) is 0 Å². The first kappa shape index (κ1) is 7.14. The van der Waals surface area contributed by atoms with Gasteiger partial charge in [-0.1, -0.05) is 48.1 Å². The molecular weight excluding hydrogens is 156 g/mol. The number of hydrogen-bond acceptors (Lipinski definition) is 0. The van der Waals surface area contributed by atoms with E-state index >= 15 is 0 Å². The van der Waals surface area contributed by atoms with Crippen LogP contribution in [0.25, 0.3) is 0 Å². The third-order valence-corrected chi connectivity index (χ3v) is 3.01. The Kier molecular flexibility index (Phi) is 1.29. The molecule has 0 aromatic heterocycles. The van der Waals surface area contributed by atoms with Gasteiger partial charge in [-0.2, -0.15) is 0 Å². The van der Waals surface area contributed by atoms with E-state index in [4.69, 9.17) is 0 Å². The quantitative estimate of drug-likeness (QED) is 0.521. The van der Waals surface area contributed by atoms with E-state index in [0.29, 0.717) is 11.8 Å². The minimum atomic E-state index is 0.542. The van der Waals surface area contributed by atoms with Crippen molar-refractivity contribution in [2.45, 2.75) is 18.8 Å². The minimum Gasteiger partial charge on any atom is -0.0763 e. The maximum atomic E-state index is 2.32. The monoisotopic (exact) mass is 168 g/mol. The molecule has 0 saturated heterocycles. The smallest absolute Gasteiger partial charge is 0.0202 e. The van der Waals surface area contributed by atoms with Crippen molar-refractivity contribution < 1.29 is 0 Å². The molecule has 1 aromatic rings. The molecule has 0 atom stereocenters. The second-order valence-electron chi connectivity index (χ2n) is 3.95. The molecule has 13 heavy (non-hydrogen) atoms. The lowest BCUT2D eigenvalue weighted by molar-refractivity contribution is 0.875. The van der Waals surface area contributed by atoms with Gasteiger partial charge in [-0.25, -0.2) is 0 Å². The van der Waals surface area contributed by atoms with Crippen molar-refractivity contribution in [1.82, 2.24) is 0 Å². The second kappa shape index (κ2) is 2.35. The van der Waals surface area contributed by atoms with E-state index in [9.17, 15) is 0 Å². The maximum absolute atomic E-state index is 2.32. The van der Waals surface area contributed by atoms with Crippen LogP contribution in [0, 0.1) is 6.92 Å². The first-order valence-corrected chi connectivity index (χ1v) is 4.82. The van der Waals surface area contributed by atoms with E-state index in [1.807, 2.05) is 0 Å². The SMILES string of the molecule is Cc1ccc2c(c1)C1C=CC2C=C1. The van der Waals surface area contributed by atoms with Crippen LogP contribution in [-0.4, -0.2) is 0 Å². The Balaban J connectivity index is 2.25. The molecular formula is C13H12. The average Bonchev–Trinajstić information content (AvgIpc) is 2.19. The molecule has 0 fully saturated rings. The summed E-state index contributed by atoms with van der Waals surface area (Å²) in [6, 6.07) is 6.80. The molecule has 1 aromatic carbocycles. The van der Waals surface area contributed by atoms with Gasteiger partial charge >= 0.3 is 0 Å². The highest BCUT2D eigenvalue weighted by Gasteiger charge is 2.23. The molecule has 0 amide bonds. The normalized spacial score (nSPS) is 27.8. The van der Waals surface area contributed by atoms with Crippen molar-refractivity contribution in [3.8, 4) is 0 Å². The van der Waals surface area contributed by atoms with Crippen LogP contribution < -0.4 is 0 Å². The van der Waals surface area contributed by atoms with Gasteiger partial charge in [-0.15, -0.1) is 0 Å². The Morgan fingerprint density at radius 2 is 1.46 bits per heavy atom. The van der Waals surface area contributed by atoms with Crippen LogP contribution in [0.2, 0.25) is 0 Å². The van der Waals surface area contributed by atoms with E-state index in [2.05, 4.69) is 49.4 Å². The van der Waals surface area contributed by atoms with E-state index < -0.39 is 0 Å². The Labute approximate surface area is 78.6 Å². The van der Waals surface area contributed by atoms with Gasteiger partial charge in [-0.3, -0.25) is 0 Å². The van der Waals surface area contributed by atoms with Crippen molar-refractivity contribution in [3.63, 3.8) is 0 Å². The zero-order chi connectivity index (χ0) is 8.84. The summed E-state index contributed by atoms with van der Waals surface area (Å²) in [7, 11) is 0. The van der Waals surface area contributed by atoms with E-state index in [0.717, 1.165) is 0 Å². The number of rotatable bonds is 0. The molecule has 64 valence electrons. The Morgan fingerprint density at radius 3 is 2.15 bits per heavy atom.